The topological polar surface area (TPSA) is 65.1 Å². The van der Waals surface area contributed by atoms with Crippen molar-refractivity contribution in [2.45, 2.75) is 38.0 Å². The van der Waals surface area contributed by atoms with Crippen molar-refractivity contribution in [3.05, 3.63) is 10.6 Å². The van der Waals surface area contributed by atoms with Crippen LogP contribution in [0.5, 0.6) is 0 Å². The molecular formula is C14H23NO5SSi. The van der Waals surface area contributed by atoms with Crippen molar-refractivity contribution in [3.8, 4) is 0 Å². The fourth-order valence-corrected chi connectivity index (χ4v) is 5.62. The Bertz CT molecular complexity index is 516. The molecular weight excluding hydrogens is 322 g/mol. The highest BCUT2D eigenvalue weighted by molar-refractivity contribution is 8.04. The molecule has 0 aliphatic carbocycles. The Hall–Kier alpha value is -0.833. The Kier molecular flexibility index (Phi) is 5.05. The van der Waals surface area contributed by atoms with Crippen LogP contribution in [0, 0.1) is 5.92 Å². The number of esters is 1. The van der Waals surface area contributed by atoms with Crippen LogP contribution in [0.4, 0.5) is 0 Å². The number of hydrogen-bond donors (Lipinski definition) is 0. The molecule has 0 aromatic rings. The van der Waals surface area contributed by atoms with Gasteiger partial charge in [-0.05, 0) is 26.6 Å². The van der Waals surface area contributed by atoms with E-state index in [-0.39, 0.29) is 23.3 Å². The number of carbonyl (C=O) groups excluding carboxylic acids is 2. The van der Waals surface area contributed by atoms with Gasteiger partial charge in [-0.15, -0.1) is 0 Å². The summed E-state index contributed by atoms with van der Waals surface area (Å²) in [6.45, 7) is 8.53. The summed E-state index contributed by atoms with van der Waals surface area (Å²) in [6, 6.07) is 0. The molecule has 0 bridgehead atoms. The molecule has 22 heavy (non-hydrogen) atoms. The SMILES string of the molecule is COCC1=C(C(=O)OC)N2C(=O)[C@H]([C@@H](C)O[Si](C)(C)C)[C@H]2S1. The molecule has 0 aromatic carbocycles. The van der Waals surface area contributed by atoms with E-state index in [1.165, 1.54) is 23.8 Å². The second kappa shape index (κ2) is 6.35. The Morgan fingerprint density at radius 3 is 2.50 bits per heavy atom. The molecule has 0 aromatic heterocycles. The van der Waals surface area contributed by atoms with Crippen LogP contribution in [0.2, 0.25) is 19.6 Å². The van der Waals surface area contributed by atoms with Crippen molar-refractivity contribution in [3.63, 3.8) is 0 Å². The van der Waals surface area contributed by atoms with Crippen LogP contribution in [-0.4, -0.2) is 57.4 Å². The lowest BCUT2D eigenvalue weighted by molar-refractivity contribution is -0.156. The lowest BCUT2D eigenvalue weighted by atomic mass is 9.92. The average molecular weight is 345 g/mol. The van der Waals surface area contributed by atoms with Crippen LogP contribution < -0.4 is 0 Å². The van der Waals surface area contributed by atoms with E-state index in [2.05, 4.69) is 19.6 Å². The van der Waals surface area contributed by atoms with Crippen molar-refractivity contribution in [1.82, 2.24) is 4.90 Å². The number of hydrogen-bond acceptors (Lipinski definition) is 6. The summed E-state index contributed by atoms with van der Waals surface area (Å²) in [6.07, 6.45) is -0.159. The van der Waals surface area contributed by atoms with E-state index >= 15 is 0 Å². The van der Waals surface area contributed by atoms with Crippen molar-refractivity contribution >= 4 is 32.0 Å². The number of ether oxygens (including phenoxy) is 2. The number of carbonyl (C=O) groups is 2. The molecule has 0 saturated carbocycles. The number of methoxy groups -OCH3 is 2. The first kappa shape index (κ1) is 17.5. The van der Waals surface area contributed by atoms with E-state index in [1.807, 2.05) is 6.92 Å². The molecule has 0 spiro atoms. The summed E-state index contributed by atoms with van der Waals surface area (Å²) in [5.74, 6) is -0.798. The van der Waals surface area contributed by atoms with Gasteiger partial charge in [-0.1, -0.05) is 11.8 Å². The fraction of sp³-hybridized carbons (Fsp3) is 0.714. The summed E-state index contributed by atoms with van der Waals surface area (Å²) >= 11 is 1.50. The minimum Gasteiger partial charge on any atom is -0.464 e. The van der Waals surface area contributed by atoms with Crippen LogP contribution in [0.25, 0.3) is 0 Å². The highest BCUT2D eigenvalue weighted by atomic mass is 32.2. The van der Waals surface area contributed by atoms with Crippen LogP contribution in [0.15, 0.2) is 10.6 Å². The molecule has 0 N–H and O–H groups in total. The van der Waals surface area contributed by atoms with Crippen molar-refractivity contribution in [1.29, 1.82) is 0 Å². The van der Waals surface area contributed by atoms with Gasteiger partial charge in [0, 0.05) is 12.0 Å². The molecule has 0 unspecified atom stereocenters. The Morgan fingerprint density at radius 2 is 2.00 bits per heavy atom. The van der Waals surface area contributed by atoms with Crippen molar-refractivity contribution < 1.29 is 23.5 Å². The van der Waals surface area contributed by atoms with E-state index in [4.69, 9.17) is 13.9 Å². The van der Waals surface area contributed by atoms with E-state index < -0.39 is 14.3 Å². The van der Waals surface area contributed by atoms with E-state index in [9.17, 15) is 9.59 Å². The van der Waals surface area contributed by atoms with Crippen LogP contribution >= 0.6 is 11.8 Å². The fourth-order valence-electron chi connectivity index (χ4n) is 2.79. The standard InChI is InChI=1S/C14H23NO5SSi/c1-8(20-22(4,5)6)10-12(16)15-11(14(17)19-3)9(7-18-2)21-13(10)15/h8,10,13H,7H2,1-6H3/t8-,10+,13-/m1/s1. The van der Waals surface area contributed by atoms with Crippen molar-refractivity contribution in [2.75, 3.05) is 20.8 Å². The van der Waals surface area contributed by atoms with Gasteiger partial charge in [0.15, 0.2) is 8.32 Å². The molecule has 124 valence electrons. The van der Waals surface area contributed by atoms with Crippen LogP contribution in [0.3, 0.4) is 0 Å². The van der Waals surface area contributed by atoms with Gasteiger partial charge >= 0.3 is 5.97 Å². The average Bonchev–Trinajstić information content (AvgIpc) is 2.71. The van der Waals surface area contributed by atoms with Gasteiger partial charge in [-0.2, -0.15) is 0 Å². The Labute approximate surface area is 136 Å². The van der Waals surface area contributed by atoms with Crippen molar-refractivity contribution in [2.24, 2.45) is 5.92 Å². The number of thioether (sulfide) groups is 1. The summed E-state index contributed by atoms with van der Waals surface area (Å²) in [7, 11) is 1.15. The third-order valence-electron chi connectivity index (χ3n) is 3.55. The zero-order chi connectivity index (χ0) is 16.7. The number of fused-ring (bicyclic) bond motifs is 1. The molecule has 1 fully saturated rings. The number of rotatable bonds is 6. The zero-order valence-electron chi connectivity index (χ0n) is 13.8. The molecule has 8 heteroatoms. The van der Waals surface area contributed by atoms with Gasteiger partial charge in [0.2, 0.25) is 5.91 Å². The van der Waals surface area contributed by atoms with Gasteiger partial charge in [0.05, 0.1) is 25.7 Å². The predicted molar refractivity (Wildman–Crippen MR) is 86.5 cm³/mol. The molecule has 2 aliphatic heterocycles. The quantitative estimate of drug-likeness (QED) is 0.415. The molecule has 6 nitrogen and oxygen atoms in total. The monoisotopic (exact) mass is 345 g/mol. The number of nitrogens with zero attached hydrogens (tertiary/aromatic N) is 1. The van der Waals surface area contributed by atoms with E-state index in [0.717, 1.165) is 4.91 Å². The van der Waals surface area contributed by atoms with Gasteiger partial charge in [-0.25, -0.2) is 4.79 Å². The van der Waals surface area contributed by atoms with E-state index in [1.54, 1.807) is 7.11 Å². The summed E-state index contributed by atoms with van der Waals surface area (Å²) < 4.78 is 16.0. The maximum absolute atomic E-state index is 12.5. The lowest BCUT2D eigenvalue weighted by Gasteiger charge is -2.46. The minimum atomic E-state index is -1.73. The smallest absolute Gasteiger partial charge is 0.355 e. The molecule has 3 atom stereocenters. The normalized spacial score (nSPS) is 25.9. The molecule has 2 heterocycles. The summed E-state index contributed by atoms with van der Waals surface area (Å²) in [5, 5.41) is -0.0990. The third-order valence-corrected chi connectivity index (χ3v) is 5.97. The second-order valence-corrected chi connectivity index (χ2v) is 12.0. The van der Waals surface area contributed by atoms with Gasteiger partial charge in [-0.3, -0.25) is 9.69 Å². The van der Waals surface area contributed by atoms with Crippen LogP contribution in [-0.2, 0) is 23.5 Å². The maximum atomic E-state index is 12.5. The lowest BCUT2D eigenvalue weighted by Crippen LogP contribution is -2.62. The first-order valence-electron chi connectivity index (χ1n) is 7.19. The predicted octanol–water partition coefficient (Wildman–Crippen LogP) is 1.79. The maximum Gasteiger partial charge on any atom is 0.355 e. The van der Waals surface area contributed by atoms with Crippen LogP contribution in [0.1, 0.15) is 6.92 Å². The first-order valence-corrected chi connectivity index (χ1v) is 11.5. The number of amides is 1. The Morgan fingerprint density at radius 1 is 1.36 bits per heavy atom. The molecule has 2 aliphatic rings. The molecule has 0 radical (unpaired) electrons. The second-order valence-electron chi connectivity index (χ2n) is 6.37. The van der Waals surface area contributed by atoms with Gasteiger partial charge < -0.3 is 13.9 Å². The molecule has 2 rings (SSSR count). The number of β-lactam (4-membered cyclic amide) rings is 1. The van der Waals surface area contributed by atoms with Gasteiger partial charge in [0.25, 0.3) is 0 Å². The summed E-state index contributed by atoms with van der Waals surface area (Å²) in [5.41, 5.74) is 0.320. The largest absolute Gasteiger partial charge is 0.464 e. The zero-order valence-corrected chi connectivity index (χ0v) is 15.7. The van der Waals surface area contributed by atoms with E-state index in [0.29, 0.717) is 12.3 Å². The highest BCUT2D eigenvalue weighted by Gasteiger charge is 2.58. The highest BCUT2D eigenvalue weighted by Crippen LogP contribution is 2.51. The minimum absolute atomic E-state index is 0.0743. The first-order chi connectivity index (χ1) is 10.2. The Balaban J connectivity index is 2.18. The third kappa shape index (κ3) is 3.10. The molecule has 1 amide bonds. The van der Waals surface area contributed by atoms with Gasteiger partial charge in [0.1, 0.15) is 11.1 Å². The molecule has 1 saturated heterocycles. The summed E-state index contributed by atoms with van der Waals surface area (Å²) in [4.78, 5) is 26.8.